The molecule has 1 amide bonds. The highest BCUT2D eigenvalue weighted by Crippen LogP contribution is 2.17. The van der Waals surface area contributed by atoms with E-state index in [-0.39, 0.29) is 5.91 Å². The molecule has 0 saturated heterocycles. The van der Waals surface area contributed by atoms with Gasteiger partial charge in [0, 0.05) is 12.2 Å². The van der Waals surface area contributed by atoms with Gasteiger partial charge in [-0.3, -0.25) is 9.69 Å². The minimum atomic E-state index is 0.0185. The second-order valence-corrected chi connectivity index (χ2v) is 6.41. The van der Waals surface area contributed by atoms with Crippen LogP contribution in [0.2, 0.25) is 0 Å². The summed E-state index contributed by atoms with van der Waals surface area (Å²) in [6.07, 6.45) is 0. The summed E-state index contributed by atoms with van der Waals surface area (Å²) in [5.74, 6) is 0.525. The number of hydrogen-bond acceptors (Lipinski definition) is 3. The second-order valence-electron chi connectivity index (χ2n) is 5.63. The molecule has 21 heavy (non-hydrogen) atoms. The number of nitrogens with zero attached hydrogens (tertiary/aromatic N) is 1. The van der Waals surface area contributed by atoms with Gasteiger partial charge < -0.3 is 5.32 Å². The summed E-state index contributed by atoms with van der Waals surface area (Å²) in [5, 5.41) is 7.11. The molecular formula is C17H22N2OS. The van der Waals surface area contributed by atoms with E-state index in [1.165, 1.54) is 11.1 Å². The number of carbonyl (C=O) groups excluding carboxylic acids is 1. The highest BCUT2D eigenvalue weighted by atomic mass is 32.1. The zero-order valence-corrected chi connectivity index (χ0v) is 13.6. The first-order valence-electron chi connectivity index (χ1n) is 7.14. The van der Waals surface area contributed by atoms with E-state index in [2.05, 4.69) is 48.1 Å². The van der Waals surface area contributed by atoms with Crippen LogP contribution < -0.4 is 5.32 Å². The summed E-state index contributed by atoms with van der Waals surface area (Å²) in [4.78, 5) is 14.0. The van der Waals surface area contributed by atoms with Crippen LogP contribution in [0.25, 0.3) is 0 Å². The Hall–Kier alpha value is -1.65. The first kappa shape index (κ1) is 15.7. The van der Waals surface area contributed by atoms with E-state index in [0.717, 1.165) is 12.2 Å². The molecule has 4 heteroatoms. The van der Waals surface area contributed by atoms with E-state index in [1.807, 2.05) is 24.1 Å². The number of rotatable bonds is 6. The van der Waals surface area contributed by atoms with Crippen molar-refractivity contribution in [3.05, 3.63) is 52.2 Å². The molecule has 0 atom stereocenters. The molecule has 1 N–H and O–H groups in total. The van der Waals surface area contributed by atoms with Crippen LogP contribution in [0.4, 0.5) is 5.69 Å². The largest absolute Gasteiger partial charge is 0.325 e. The minimum absolute atomic E-state index is 0.0185. The predicted octanol–water partition coefficient (Wildman–Crippen LogP) is 3.94. The number of benzene rings is 1. The Labute approximate surface area is 130 Å². The molecule has 0 aliphatic heterocycles. The van der Waals surface area contributed by atoms with Gasteiger partial charge in [0.05, 0.1) is 6.54 Å². The number of hydrogen-bond donors (Lipinski definition) is 1. The summed E-state index contributed by atoms with van der Waals surface area (Å²) in [7, 11) is 1.96. The van der Waals surface area contributed by atoms with Crippen LogP contribution in [0.5, 0.6) is 0 Å². The first-order valence-corrected chi connectivity index (χ1v) is 8.08. The highest BCUT2D eigenvalue weighted by Gasteiger charge is 2.08. The van der Waals surface area contributed by atoms with Gasteiger partial charge >= 0.3 is 0 Å². The minimum Gasteiger partial charge on any atom is -0.325 e. The number of anilines is 1. The van der Waals surface area contributed by atoms with Crippen molar-refractivity contribution >= 4 is 22.9 Å². The molecule has 0 unspecified atom stereocenters. The molecule has 1 heterocycles. The van der Waals surface area contributed by atoms with Gasteiger partial charge in [0.25, 0.3) is 0 Å². The molecule has 0 aliphatic carbocycles. The maximum absolute atomic E-state index is 12.0. The third-order valence-electron chi connectivity index (χ3n) is 3.31. The molecule has 0 fully saturated rings. The Kier molecular flexibility index (Phi) is 5.53. The molecule has 112 valence electrons. The van der Waals surface area contributed by atoms with Crippen molar-refractivity contribution in [3.63, 3.8) is 0 Å². The maximum Gasteiger partial charge on any atom is 0.238 e. The third-order valence-corrected chi connectivity index (χ3v) is 4.04. The summed E-state index contributed by atoms with van der Waals surface area (Å²) in [5.41, 5.74) is 3.38. The SMILES string of the molecule is CC(C)c1ccc(NC(=O)CN(C)Cc2ccsc2)cc1. The highest BCUT2D eigenvalue weighted by molar-refractivity contribution is 7.07. The van der Waals surface area contributed by atoms with Gasteiger partial charge in [-0.05, 0) is 53.1 Å². The van der Waals surface area contributed by atoms with E-state index in [9.17, 15) is 4.79 Å². The average molecular weight is 302 g/mol. The standard InChI is InChI=1S/C17H22N2OS/c1-13(2)15-4-6-16(7-5-15)18-17(20)11-19(3)10-14-8-9-21-12-14/h4-9,12-13H,10-11H2,1-3H3,(H,18,20). The van der Waals surface area contributed by atoms with E-state index in [4.69, 9.17) is 0 Å². The Morgan fingerprint density at radius 3 is 2.52 bits per heavy atom. The van der Waals surface area contributed by atoms with Gasteiger partial charge in [-0.1, -0.05) is 26.0 Å². The Balaban J connectivity index is 1.83. The summed E-state index contributed by atoms with van der Waals surface area (Å²) >= 11 is 1.68. The average Bonchev–Trinajstić information content (AvgIpc) is 2.91. The van der Waals surface area contributed by atoms with E-state index in [1.54, 1.807) is 11.3 Å². The molecule has 2 aromatic rings. The van der Waals surface area contributed by atoms with E-state index >= 15 is 0 Å². The molecule has 0 spiro atoms. The third kappa shape index (κ3) is 4.99. The zero-order valence-electron chi connectivity index (χ0n) is 12.8. The number of nitrogens with one attached hydrogen (secondary N) is 1. The molecule has 0 saturated carbocycles. The predicted molar refractivity (Wildman–Crippen MR) is 89.8 cm³/mol. The van der Waals surface area contributed by atoms with Crippen molar-refractivity contribution in [2.45, 2.75) is 26.3 Å². The summed E-state index contributed by atoms with van der Waals surface area (Å²) in [6.45, 7) is 5.50. The maximum atomic E-state index is 12.0. The normalized spacial score (nSPS) is 11.1. The van der Waals surface area contributed by atoms with Crippen LogP contribution in [0.3, 0.4) is 0 Å². The molecule has 3 nitrogen and oxygen atoms in total. The van der Waals surface area contributed by atoms with Crippen LogP contribution in [-0.4, -0.2) is 24.4 Å². The number of likely N-dealkylation sites (N-methyl/N-ethyl adjacent to an activating group) is 1. The fourth-order valence-corrected chi connectivity index (χ4v) is 2.81. The first-order chi connectivity index (χ1) is 10.0. The van der Waals surface area contributed by atoms with E-state index < -0.39 is 0 Å². The molecule has 0 radical (unpaired) electrons. The van der Waals surface area contributed by atoms with Crippen molar-refractivity contribution in [3.8, 4) is 0 Å². The molecule has 0 aliphatic rings. The van der Waals surface area contributed by atoms with Crippen molar-refractivity contribution < 1.29 is 4.79 Å². The van der Waals surface area contributed by atoms with Gasteiger partial charge in [-0.25, -0.2) is 0 Å². The monoisotopic (exact) mass is 302 g/mol. The smallest absolute Gasteiger partial charge is 0.238 e. The lowest BCUT2D eigenvalue weighted by Crippen LogP contribution is -2.29. The van der Waals surface area contributed by atoms with Crippen molar-refractivity contribution in [2.75, 3.05) is 18.9 Å². The molecule has 0 bridgehead atoms. The van der Waals surface area contributed by atoms with Gasteiger partial charge in [0.15, 0.2) is 0 Å². The Morgan fingerprint density at radius 2 is 1.95 bits per heavy atom. The Bertz CT molecular complexity index is 561. The number of thiophene rings is 1. The lowest BCUT2D eigenvalue weighted by molar-refractivity contribution is -0.117. The number of carbonyl (C=O) groups is 1. The number of amides is 1. The fraction of sp³-hybridized carbons (Fsp3) is 0.353. The van der Waals surface area contributed by atoms with Crippen LogP contribution in [-0.2, 0) is 11.3 Å². The van der Waals surface area contributed by atoms with Crippen molar-refractivity contribution in [1.82, 2.24) is 4.90 Å². The molecular weight excluding hydrogens is 280 g/mol. The summed E-state index contributed by atoms with van der Waals surface area (Å²) < 4.78 is 0. The van der Waals surface area contributed by atoms with Crippen molar-refractivity contribution in [2.24, 2.45) is 0 Å². The fourth-order valence-electron chi connectivity index (χ4n) is 2.15. The zero-order chi connectivity index (χ0) is 15.2. The van der Waals surface area contributed by atoms with Crippen LogP contribution >= 0.6 is 11.3 Å². The van der Waals surface area contributed by atoms with Gasteiger partial charge in [0.2, 0.25) is 5.91 Å². The lowest BCUT2D eigenvalue weighted by atomic mass is 10.0. The topological polar surface area (TPSA) is 32.3 Å². The van der Waals surface area contributed by atoms with Gasteiger partial charge in [-0.2, -0.15) is 11.3 Å². The molecule has 2 rings (SSSR count). The van der Waals surface area contributed by atoms with Crippen molar-refractivity contribution in [1.29, 1.82) is 0 Å². The van der Waals surface area contributed by atoms with Crippen LogP contribution in [0.1, 0.15) is 30.9 Å². The quantitative estimate of drug-likeness (QED) is 0.876. The Morgan fingerprint density at radius 1 is 1.24 bits per heavy atom. The second kappa shape index (κ2) is 7.38. The lowest BCUT2D eigenvalue weighted by Gasteiger charge is -2.15. The van der Waals surface area contributed by atoms with Crippen LogP contribution in [0.15, 0.2) is 41.1 Å². The molecule has 1 aromatic heterocycles. The molecule has 1 aromatic carbocycles. The summed E-state index contributed by atoms with van der Waals surface area (Å²) in [6, 6.07) is 10.1. The van der Waals surface area contributed by atoms with Gasteiger partial charge in [0.1, 0.15) is 0 Å². The van der Waals surface area contributed by atoms with Gasteiger partial charge in [-0.15, -0.1) is 0 Å². The van der Waals surface area contributed by atoms with E-state index in [0.29, 0.717) is 12.5 Å². The van der Waals surface area contributed by atoms with Crippen LogP contribution in [0, 0.1) is 0 Å².